The minimum Gasteiger partial charge on any atom is -0.331 e. The maximum Gasteiger partial charge on any atom is 0.103 e. The van der Waals surface area contributed by atoms with E-state index in [1.165, 1.54) is 10.4 Å². The largest absolute Gasteiger partial charge is 0.331 e. The summed E-state index contributed by atoms with van der Waals surface area (Å²) in [6.07, 6.45) is -0.392. The van der Waals surface area contributed by atoms with Crippen LogP contribution in [0.25, 0.3) is 0 Å². The second-order valence-corrected chi connectivity index (χ2v) is 7.51. The van der Waals surface area contributed by atoms with Crippen LogP contribution in [0.3, 0.4) is 0 Å². The van der Waals surface area contributed by atoms with Gasteiger partial charge in [0.05, 0.1) is 24.6 Å². The Balaban J connectivity index is 2.21. The highest BCUT2D eigenvalue weighted by molar-refractivity contribution is 7.16. The number of anilines is 1. The highest BCUT2D eigenvalue weighted by atomic mass is 35.5. The van der Waals surface area contributed by atoms with Gasteiger partial charge in [0.15, 0.2) is 0 Å². The van der Waals surface area contributed by atoms with E-state index in [1.807, 2.05) is 31.2 Å². The first-order chi connectivity index (χ1) is 10.9. The lowest BCUT2D eigenvalue weighted by molar-refractivity contribution is 0.557. The number of aryl methyl sites for hydroxylation is 1. The van der Waals surface area contributed by atoms with Crippen molar-refractivity contribution in [3.8, 4) is 0 Å². The molecule has 1 aliphatic rings. The van der Waals surface area contributed by atoms with Crippen LogP contribution in [0.2, 0.25) is 5.02 Å². The third-order valence-electron chi connectivity index (χ3n) is 4.19. The zero-order valence-electron chi connectivity index (χ0n) is 13.5. The quantitative estimate of drug-likeness (QED) is 0.875. The van der Waals surface area contributed by atoms with E-state index < -0.39 is 0 Å². The average molecular weight is 349 g/mol. The monoisotopic (exact) mass is 348 g/mol. The van der Waals surface area contributed by atoms with Crippen LogP contribution >= 0.6 is 22.9 Å². The summed E-state index contributed by atoms with van der Waals surface area (Å²) in [6.45, 7) is 6.73. The molecule has 0 amide bonds. The van der Waals surface area contributed by atoms with Gasteiger partial charge >= 0.3 is 0 Å². The molecule has 1 aromatic carbocycles. The summed E-state index contributed by atoms with van der Waals surface area (Å²) in [5, 5.41) is 1.82. The molecule has 0 saturated carbocycles. The van der Waals surface area contributed by atoms with Crippen molar-refractivity contribution in [1.29, 1.82) is 0 Å². The van der Waals surface area contributed by atoms with E-state index >= 15 is 0 Å². The van der Waals surface area contributed by atoms with E-state index in [1.54, 1.807) is 11.3 Å². The van der Waals surface area contributed by atoms with Gasteiger partial charge in [-0.3, -0.25) is 4.99 Å². The van der Waals surface area contributed by atoms with Crippen molar-refractivity contribution in [2.45, 2.75) is 33.1 Å². The SMILES string of the molecule is Cc1sc2c(c1C)C(c1ccc(Cl)cc1)=NCC(N)N2C(C)N. The first-order valence-electron chi connectivity index (χ1n) is 7.60. The van der Waals surface area contributed by atoms with Gasteiger partial charge in [0.1, 0.15) is 5.00 Å². The third-order valence-corrected chi connectivity index (χ3v) is 5.66. The van der Waals surface area contributed by atoms with Gasteiger partial charge in [-0.15, -0.1) is 11.3 Å². The second kappa shape index (κ2) is 6.24. The number of nitrogens with zero attached hydrogens (tertiary/aromatic N) is 2. The number of fused-ring (bicyclic) bond motifs is 1. The molecule has 2 atom stereocenters. The van der Waals surface area contributed by atoms with Gasteiger partial charge in [-0.1, -0.05) is 23.7 Å². The van der Waals surface area contributed by atoms with Crippen molar-refractivity contribution < 1.29 is 0 Å². The Morgan fingerprint density at radius 1 is 1.30 bits per heavy atom. The van der Waals surface area contributed by atoms with Crippen LogP contribution in [0.1, 0.15) is 28.5 Å². The molecular formula is C17H21ClN4S. The van der Waals surface area contributed by atoms with Crippen LogP contribution < -0.4 is 16.4 Å². The van der Waals surface area contributed by atoms with E-state index in [-0.39, 0.29) is 12.3 Å². The van der Waals surface area contributed by atoms with Gasteiger partial charge < -0.3 is 16.4 Å². The van der Waals surface area contributed by atoms with E-state index in [0.717, 1.165) is 26.9 Å². The molecule has 2 unspecified atom stereocenters. The van der Waals surface area contributed by atoms with Gasteiger partial charge in [0.25, 0.3) is 0 Å². The Morgan fingerprint density at radius 3 is 2.57 bits per heavy atom. The molecule has 4 nitrogen and oxygen atoms in total. The topological polar surface area (TPSA) is 67.6 Å². The van der Waals surface area contributed by atoms with Crippen LogP contribution in [-0.2, 0) is 0 Å². The molecule has 0 spiro atoms. The fourth-order valence-corrected chi connectivity index (χ4v) is 4.33. The smallest absolute Gasteiger partial charge is 0.103 e. The Bertz CT molecular complexity index is 749. The van der Waals surface area contributed by atoms with E-state index in [4.69, 9.17) is 28.1 Å². The van der Waals surface area contributed by atoms with Crippen LogP contribution in [0.4, 0.5) is 5.00 Å². The highest BCUT2D eigenvalue weighted by Gasteiger charge is 2.30. The van der Waals surface area contributed by atoms with Crippen molar-refractivity contribution in [2.75, 3.05) is 11.4 Å². The second-order valence-electron chi connectivity index (χ2n) is 5.87. The summed E-state index contributed by atoms with van der Waals surface area (Å²) in [6, 6.07) is 7.79. The minimum absolute atomic E-state index is 0.166. The zero-order valence-corrected chi connectivity index (χ0v) is 15.1. The summed E-state index contributed by atoms with van der Waals surface area (Å²) in [5.41, 5.74) is 16.9. The molecule has 2 aromatic rings. The number of thiophene rings is 1. The van der Waals surface area contributed by atoms with Crippen molar-refractivity contribution in [3.63, 3.8) is 0 Å². The zero-order chi connectivity index (χ0) is 16.7. The number of halogens is 1. The number of hydrogen-bond acceptors (Lipinski definition) is 5. The van der Waals surface area contributed by atoms with Gasteiger partial charge in [0.2, 0.25) is 0 Å². The van der Waals surface area contributed by atoms with Crippen LogP contribution in [0.15, 0.2) is 29.3 Å². The van der Waals surface area contributed by atoms with Crippen molar-refractivity contribution in [3.05, 3.63) is 50.9 Å². The predicted molar refractivity (Wildman–Crippen MR) is 99.9 cm³/mol. The number of nitrogens with two attached hydrogens (primary N) is 2. The summed E-state index contributed by atoms with van der Waals surface area (Å²) in [5.74, 6) is 0. The lowest BCUT2D eigenvalue weighted by atomic mass is 10.00. The molecular weight excluding hydrogens is 328 g/mol. The first kappa shape index (κ1) is 16.5. The molecule has 23 heavy (non-hydrogen) atoms. The average Bonchev–Trinajstić information content (AvgIpc) is 2.68. The van der Waals surface area contributed by atoms with Crippen molar-refractivity contribution >= 4 is 33.7 Å². The first-order valence-corrected chi connectivity index (χ1v) is 8.80. The fraction of sp³-hybridized carbons (Fsp3) is 0.353. The number of aliphatic imine (C=N–C) groups is 1. The van der Waals surface area contributed by atoms with Crippen LogP contribution in [0, 0.1) is 13.8 Å². The van der Waals surface area contributed by atoms with Crippen LogP contribution in [0.5, 0.6) is 0 Å². The molecule has 2 heterocycles. The normalized spacial score (nSPS) is 19.1. The Labute approximate surface area is 145 Å². The van der Waals surface area contributed by atoms with Crippen molar-refractivity contribution in [1.82, 2.24) is 0 Å². The summed E-state index contributed by atoms with van der Waals surface area (Å²) in [7, 11) is 0. The van der Waals surface area contributed by atoms with Crippen LogP contribution in [-0.4, -0.2) is 24.6 Å². The lowest BCUT2D eigenvalue weighted by Gasteiger charge is -2.31. The molecule has 6 heteroatoms. The molecule has 0 fully saturated rings. The van der Waals surface area contributed by atoms with E-state index in [9.17, 15) is 0 Å². The number of rotatable bonds is 2. The van der Waals surface area contributed by atoms with E-state index in [0.29, 0.717) is 6.54 Å². The minimum atomic E-state index is -0.226. The molecule has 3 rings (SSSR count). The number of hydrogen-bond donors (Lipinski definition) is 2. The van der Waals surface area contributed by atoms with E-state index in [2.05, 4.69) is 18.7 Å². The molecule has 0 radical (unpaired) electrons. The maximum atomic E-state index is 6.34. The molecule has 1 aromatic heterocycles. The summed E-state index contributed by atoms with van der Waals surface area (Å²) >= 11 is 7.75. The molecule has 0 aliphatic carbocycles. The van der Waals surface area contributed by atoms with Gasteiger partial charge in [0, 0.05) is 21.0 Å². The predicted octanol–water partition coefficient (Wildman–Crippen LogP) is 3.27. The summed E-state index contributed by atoms with van der Waals surface area (Å²) in [4.78, 5) is 8.15. The third kappa shape index (κ3) is 2.90. The Hall–Kier alpha value is -1.40. The van der Waals surface area contributed by atoms with Gasteiger partial charge in [-0.25, -0.2) is 0 Å². The van der Waals surface area contributed by atoms with Gasteiger partial charge in [-0.05, 0) is 38.5 Å². The molecule has 4 N–H and O–H groups in total. The Kier molecular flexibility index (Phi) is 4.47. The molecule has 0 bridgehead atoms. The number of benzene rings is 1. The molecule has 122 valence electrons. The molecule has 1 aliphatic heterocycles. The highest BCUT2D eigenvalue weighted by Crippen LogP contribution is 2.39. The van der Waals surface area contributed by atoms with Gasteiger partial charge in [-0.2, -0.15) is 0 Å². The maximum absolute atomic E-state index is 6.34. The van der Waals surface area contributed by atoms with Crippen molar-refractivity contribution in [2.24, 2.45) is 16.5 Å². The molecule has 0 saturated heterocycles. The summed E-state index contributed by atoms with van der Waals surface area (Å²) < 4.78 is 0. The Morgan fingerprint density at radius 2 is 1.96 bits per heavy atom. The standard InChI is InChI=1S/C17H21ClN4S/c1-9-10(2)23-17-15(9)16(12-4-6-13(18)7-5-12)21-8-14(20)22(17)11(3)19/h4-7,11,14H,8,19-20H2,1-3H3. The lowest BCUT2D eigenvalue weighted by Crippen LogP contribution is -2.52. The fourth-order valence-electron chi connectivity index (χ4n) is 2.90.